The standard InChI is InChI=1S/C19H16ClF3N6O2/c1-10-2-3-12(26-17(31)15-6-11(9-25-29-15)19(21,22)23)7-13(10)14-8-16(20)28-18(27-14)24-4-5-30/h2-3,6-9,30H,4-5H2,1H3,(H,26,31)(H,24,27,28). The minimum absolute atomic E-state index is 0.121. The number of aromatic nitrogens is 4. The number of nitrogens with zero attached hydrogens (tertiary/aromatic N) is 4. The monoisotopic (exact) mass is 452 g/mol. The third kappa shape index (κ3) is 5.64. The first-order valence-corrected chi connectivity index (χ1v) is 9.27. The molecule has 0 aliphatic rings. The number of alkyl halides is 3. The van der Waals surface area contributed by atoms with Crippen LogP contribution in [0.5, 0.6) is 0 Å². The number of rotatable bonds is 6. The van der Waals surface area contributed by atoms with Crippen LogP contribution < -0.4 is 10.6 Å². The number of aliphatic hydroxyl groups excluding tert-OH is 1. The van der Waals surface area contributed by atoms with Crippen LogP contribution in [0.4, 0.5) is 24.8 Å². The molecular weight excluding hydrogens is 437 g/mol. The van der Waals surface area contributed by atoms with Crippen LogP contribution in [0.15, 0.2) is 36.5 Å². The van der Waals surface area contributed by atoms with Crippen LogP contribution in [0.3, 0.4) is 0 Å². The number of aliphatic hydroxyl groups is 1. The van der Waals surface area contributed by atoms with Gasteiger partial charge in [0.2, 0.25) is 5.95 Å². The van der Waals surface area contributed by atoms with Crippen LogP contribution in [0.25, 0.3) is 11.3 Å². The summed E-state index contributed by atoms with van der Waals surface area (Å²) in [5, 5.41) is 21.1. The second-order valence-corrected chi connectivity index (χ2v) is 6.75. The summed E-state index contributed by atoms with van der Waals surface area (Å²) in [6.07, 6.45) is -4.10. The molecule has 0 atom stereocenters. The van der Waals surface area contributed by atoms with Gasteiger partial charge in [0.15, 0.2) is 5.69 Å². The van der Waals surface area contributed by atoms with Gasteiger partial charge in [0.25, 0.3) is 5.91 Å². The van der Waals surface area contributed by atoms with Gasteiger partial charge >= 0.3 is 6.18 Å². The molecule has 3 aromatic rings. The first kappa shape index (κ1) is 22.4. The maximum absolute atomic E-state index is 12.8. The van der Waals surface area contributed by atoms with E-state index < -0.39 is 23.3 Å². The van der Waals surface area contributed by atoms with Gasteiger partial charge in [-0.3, -0.25) is 4.79 Å². The molecule has 162 valence electrons. The van der Waals surface area contributed by atoms with Gasteiger partial charge in [0, 0.05) is 23.9 Å². The van der Waals surface area contributed by atoms with E-state index in [4.69, 9.17) is 16.7 Å². The highest BCUT2D eigenvalue weighted by molar-refractivity contribution is 6.29. The number of anilines is 2. The van der Waals surface area contributed by atoms with Crippen LogP contribution in [0, 0.1) is 6.92 Å². The predicted molar refractivity (Wildman–Crippen MR) is 108 cm³/mol. The molecule has 3 rings (SSSR count). The summed E-state index contributed by atoms with van der Waals surface area (Å²) in [5.74, 6) is -0.635. The second kappa shape index (κ2) is 9.23. The average Bonchev–Trinajstić information content (AvgIpc) is 2.72. The third-order valence-electron chi connectivity index (χ3n) is 4.08. The lowest BCUT2D eigenvalue weighted by atomic mass is 10.0. The van der Waals surface area contributed by atoms with Gasteiger partial charge in [-0.15, -0.1) is 5.10 Å². The lowest BCUT2D eigenvalue weighted by Gasteiger charge is -2.12. The number of carbonyl (C=O) groups is 1. The van der Waals surface area contributed by atoms with Gasteiger partial charge in [0.1, 0.15) is 5.15 Å². The van der Waals surface area contributed by atoms with Crippen LogP contribution in [0.1, 0.15) is 21.6 Å². The zero-order valence-corrected chi connectivity index (χ0v) is 16.8. The van der Waals surface area contributed by atoms with Crippen LogP contribution in [-0.4, -0.2) is 44.3 Å². The summed E-state index contributed by atoms with van der Waals surface area (Å²) in [6.45, 7) is 1.92. The first-order valence-electron chi connectivity index (χ1n) is 8.89. The summed E-state index contributed by atoms with van der Waals surface area (Å²) >= 11 is 6.06. The fourth-order valence-electron chi connectivity index (χ4n) is 2.61. The summed E-state index contributed by atoms with van der Waals surface area (Å²) in [5.41, 5.74) is 0.634. The van der Waals surface area contributed by atoms with Gasteiger partial charge in [-0.25, -0.2) is 9.97 Å². The highest BCUT2D eigenvalue weighted by Crippen LogP contribution is 2.30. The molecule has 31 heavy (non-hydrogen) atoms. The molecule has 0 bridgehead atoms. The van der Waals surface area contributed by atoms with Crippen LogP contribution >= 0.6 is 11.6 Å². The van der Waals surface area contributed by atoms with Crippen LogP contribution in [-0.2, 0) is 6.18 Å². The Kier molecular flexibility index (Phi) is 6.66. The Morgan fingerprint density at radius 3 is 2.68 bits per heavy atom. The minimum Gasteiger partial charge on any atom is -0.395 e. The van der Waals surface area contributed by atoms with E-state index in [2.05, 4.69) is 30.8 Å². The number of hydrogen-bond donors (Lipinski definition) is 3. The number of benzene rings is 1. The van der Waals surface area contributed by atoms with E-state index in [0.29, 0.717) is 29.2 Å². The number of nitrogens with one attached hydrogen (secondary N) is 2. The summed E-state index contributed by atoms with van der Waals surface area (Å²) in [6, 6.07) is 7.05. The highest BCUT2D eigenvalue weighted by Gasteiger charge is 2.32. The molecule has 1 aromatic carbocycles. The van der Waals surface area contributed by atoms with Crippen molar-refractivity contribution in [3.63, 3.8) is 0 Å². The fraction of sp³-hybridized carbons (Fsp3) is 0.211. The van der Waals surface area contributed by atoms with E-state index in [9.17, 15) is 18.0 Å². The Hall–Kier alpha value is -3.31. The molecule has 0 radical (unpaired) electrons. The number of amides is 1. The largest absolute Gasteiger partial charge is 0.418 e. The van der Waals surface area contributed by atoms with Crippen LogP contribution in [0.2, 0.25) is 5.15 Å². The van der Waals surface area contributed by atoms with E-state index in [1.54, 1.807) is 18.2 Å². The van der Waals surface area contributed by atoms with Crippen molar-refractivity contribution in [2.24, 2.45) is 0 Å². The molecular formula is C19H16ClF3N6O2. The van der Waals surface area contributed by atoms with Gasteiger partial charge in [-0.2, -0.15) is 18.3 Å². The lowest BCUT2D eigenvalue weighted by molar-refractivity contribution is -0.137. The normalized spacial score (nSPS) is 11.3. The van der Waals surface area contributed by atoms with Gasteiger partial charge in [0.05, 0.1) is 24.1 Å². The van der Waals surface area contributed by atoms with E-state index in [-0.39, 0.29) is 24.3 Å². The molecule has 0 unspecified atom stereocenters. The summed E-state index contributed by atoms with van der Waals surface area (Å²) in [4.78, 5) is 20.8. The molecule has 0 aliphatic carbocycles. The molecule has 0 saturated heterocycles. The average molecular weight is 453 g/mol. The first-order chi connectivity index (χ1) is 14.7. The van der Waals surface area contributed by atoms with Crippen molar-refractivity contribution in [3.05, 3.63) is 58.5 Å². The lowest BCUT2D eigenvalue weighted by Crippen LogP contribution is -2.16. The smallest absolute Gasteiger partial charge is 0.395 e. The van der Waals surface area contributed by atoms with Crippen molar-refractivity contribution < 1.29 is 23.1 Å². The zero-order chi connectivity index (χ0) is 22.6. The minimum atomic E-state index is -4.64. The molecule has 0 fully saturated rings. The number of aryl methyl sites for hydroxylation is 1. The Labute approximate surface area is 179 Å². The molecule has 0 aliphatic heterocycles. The van der Waals surface area contributed by atoms with Crippen molar-refractivity contribution in [1.82, 2.24) is 20.2 Å². The fourth-order valence-corrected chi connectivity index (χ4v) is 2.79. The molecule has 0 saturated carbocycles. The summed E-state index contributed by atoms with van der Waals surface area (Å²) in [7, 11) is 0. The molecule has 2 aromatic heterocycles. The number of carbonyl (C=O) groups excluding carboxylic acids is 1. The van der Waals surface area contributed by atoms with Gasteiger partial charge in [-0.05, 0) is 30.7 Å². The molecule has 0 spiro atoms. The van der Waals surface area contributed by atoms with E-state index >= 15 is 0 Å². The van der Waals surface area contributed by atoms with Crippen molar-refractivity contribution >= 4 is 29.1 Å². The summed E-state index contributed by atoms with van der Waals surface area (Å²) < 4.78 is 38.5. The maximum atomic E-state index is 12.8. The van der Waals surface area contributed by atoms with E-state index in [1.165, 1.54) is 6.07 Å². The molecule has 3 N–H and O–H groups in total. The number of hydrogen-bond acceptors (Lipinski definition) is 7. The maximum Gasteiger partial charge on any atom is 0.418 e. The Morgan fingerprint density at radius 2 is 1.97 bits per heavy atom. The topological polar surface area (TPSA) is 113 Å². The van der Waals surface area contributed by atoms with E-state index in [0.717, 1.165) is 5.56 Å². The van der Waals surface area contributed by atoms with Gasteiger partial charge in [-0.1, -0.05) is 17.7 Å². The number of halogens is 4. The zero-order valence-electron chi connectivity index (χ0n) is 16.0. The van der Waals surface area contributed by atoms with Crippen molar-refractivity contribution in [3.8, 4) is 11.3 Å². The van der Waals surface area contributed by atoms with E-state index in [1.807, 2.05) is 6.92 Å². The molecule has 1 amide bonds. The SMILES string of the molecule is Cc1ccc(NC(=O)c2cc(C(F)(F)F)cnn2)cc1-c1cc(Cl)nc(NCCO)n1. The Morgan fingerprint density at radius 1 is 1.19 bits per heavy atom. The van der Waals surface area contributed by atoms with Crippen molar-refractivity contribution in [2.45, 2.75) is 13.1 Å². The molecule has 12 heteroatoms. The Bertz CT molecular complexity index is 1110. The second-order valence-electron chi connectivity index (χ2n) is 6.36. The quantitative estimate of drug-likeness (QED) is 0.490. The van der Waals surface area contributed by atoms with Crippen molar-refractivity contribution in [1.29, 1.82) is 0 Å². The Balaban J connectivity index is 1.88. The third-order valence-corrected chi connectivity index (χ3v) is 4.27. The highest BCUT2D eigenvalue weighted by atomic mass is 35.5. The predicted octanol–water partition coefficient (Wildman–Crippen LogP) is 3.57. The van der Waals surface area contributed by atoms with Gasteiger partial charge < -0.3 is 15.7 Å². The molecule has 2 heterocycles. The molecule has 8 nitrogen and oxygen atoms in total. The van der Waals surface area contributed by atoms with Crippen molar-refractivity contribution in [2.75, 3.05) is 23.8 Å².